The van der Waals surface area contributed by atoms with E-state index < -0.39 is 12.1 Å². The lowest BCUT2D eigenvalue weighted by atomic mass is 10.1. The van der Waals surface area contributed by atoms with Gasteiger partial charge in [0, 0.05) is 13.1 Å². The third-order valence-corrected chi connectivity index (χ3v) is 3.47. The van der Waals surface area contributed by atoms with Crippen LogP contribution in [0.5, 0.6) is 5.75 Å². The van der Waals surface area contributed by atoms with E-state index in [1.807, 2.05) is 0 Å². The zero-order valence-corrected chi connectivity index (χ0v) is 13.0. The van der Waals surface area contributed by atoms with Gasteiger partial charge in [-0.2, -0.15) is 0 Å². The molecule has 1 fully saturated rings. The second kappa shape index (κ2) is 7.89. The molecule has 6 nitrogen and oxygen atoms in total. The molecule has 132 valence electrons. The first-order valence-corrected chi connectivity index (χ1v) is 7.54. The number of nitrogens with zero attached hydrogens (tertiary/aromatic N) is 2. The number of ether oxygens (including phenoxy) is 1. The molecule has 0 unspecified atom stereocenters. The van der Waals surface area contributed by atoms with Crippen molar-refractivity contribution in [2.75, 3.05) is 25.0 Å². The summed E-state index contributed by atoms with van der Waals surface area (Å²) in [6.45, 7) is 1.25. The standard InChI is InChI=1S/C15H19F3N4O2/c16-15(17,18)24-12-7-3-2-6-11(12)21-14(19)20-10-13(23)22-8-4-1-5-9-22/h2-3,6-7H,1,4-5,8-10H2,(H3,19,20,21). The maximum atomic E-state index is 12.4. The molecule has 1 aromatic carbocycles. The molecule has 2 rings (SSSR count). The summed E-state index contributed by atoms with van der Waals surface area (Å²) >= 11 is 0. The van der Waals surface area contributed by atoms with Gasteiger partial charge < -0.3 is 20.7 Å². The van der Waals surface area contributed by atoms with E-state index in [1.165, 1.54) is 18.2 Å². The van der Waals surface area contributed by atoms with Crippen LogP contribution in [0.2, 0.25) is 0 Å². The quantitative estimate of drug-likeness (QED) is 0.649. The molecule has 0 aliphatic carbocycles. The molecule has 0 radical (unpaired) electrons. The minimum Gasteiger partial charge on any atom is -0.404 e. The zero-order valence-electron chi connectivity index (χ0n) is 13.0. The number of nitrogens with one attached hydrogen (secondary N) is 1. The number of guanidine groups is 1. The second-order valence-electron chi connectivity index (χ2n) is 5.31. The molecule has 0 aromatic heterocycles. The Morgan fingerprint density at radius 1 is 1.25 bits per heavy atom. The van der Waals surface area contributed by atoms with Crippen molar-refractivity contribution in [1.82, 2.24) is 4.90 Å². The van der Waals surface area contributed by atoms with E-state index in [-0.39, 0.29) is 24.1 Å². The van der Waals surface area contributed by atoms with Crippen molar-refractivity contribution in [3.05, 3.63) is 24.3 Å². The Hall–Kier alpha value is -2.45. The lowest BCUT2D eigenvalue weighted by Gasteiger charge is -2.26. The van der Waals surface area contributed by atoms with Crippen molar-refractivity contribution >= 4 is 17.6 Å². The van der Waals surface area contributed by atoms with Crippen LogP contribution in [0.1, 0.15) is 19.3 Å². The molecule has 1 heterocycles. The van der Waals surface area contributed by atoms with Crippen LogP contribution in [-0.4, -0.2) is 42.8 Å². The monoisotopic (exact) mass is 344 g/mol. The molecule has 3 N–H and O–H groups in total. The topological polar surface area (TPSA) is 80.0 Å². The highest BCUT2D eigenvalue weighted by Gasteiger charge is 2.32. The number of benzene rings is 1. The molecule has 0 saturated carbocycles. The summed E-state index contributed by atoms with van der Waals surface area (Å²) in [7, 11) is 0. The van der Waals surface area contributed by atoms with Crippen LogP contribution in [0.25, 0.3) is 0 Å². The molecule has 0 spiro atoms. The van der Waals surface area contributed by atoms with E-state index in [1.54, 1.807) is 4.90 Å². The number of hydrogen-bond acceptors (Lipinski definition) is 3. The molecule has 9 heteroatoms. The Balaban J connectivity index is 1.96. The van der Waals surface area contributed by atoms with Crippen molar-refractivity contribution in [2.45, 2.75) is 25.6 Å². The van der Waals surface area contributed by atoms with E-state index in [4.69, 9.17) is 5.73 Å². The van der Waals surface area contributed by atoms with Gasteiger partial charge in [0.05, 0.1) is 5.69 Å². The van der Waals surface area contributed by atoms with Gasteiger partial charge in [-0.15, -0.1) is 13.2 Å². The van der Waals surface area contributed by atoms with Crippen LogP contribution in [0.3, 0.4) is 0 Å². The van der Waals surface area contributed by atoms with Gasteiger partial charge >= 0.3 is 6.36 Å². The number of hydrogen-bond donors (Lipinski definition) is 2. The van der Waals surface area contributed by atoms with Crippen LogP contribution >= 0.6 is 0 Å². The predicted molar refractivity (Wildman–Crippen MR) is 83.7 cm³/mol. The third-order valence-electron chi connectivity index (χ3n) is 3.47. The minimum atomic E-state index is -4.81. The predicted octanol–water partition coefficient (Wildman–Crippen LogP) is 2.32. The SMILES string of the molecule is NC(=NCC(=O)N1CCCCC1)Nc1ccccc1OC(F)(F)F. The van der Waals surface area contributed by atoms with Crippen molar-refractivity contribution < 1.29 is 22.7 Å². The number of carbonyl (C=O) groups is 1. The average molecular weight is 344 g/mol. The van der Waals surface area contributed by atoms with E-state index in [2.05, 4.69) is 15.0 Å². The Labute approximate surface area is 137 Å². The van der Waals surface area contributed by atoms with Gasteiger partial charge in [0.25, 0.3) is 0 Å². The zero-order chi connectivity index (χ0) is 17.6. The number of anilines is 1. The number of para-hydroxylation sites is 2. The first-order chi connectivity index (χ1) is 11.3. The number of rotatable bonds is 4. The molecule has 0 atom stereocenters. The Bertz CT molecular complexity index is 599. The number of halogens is 3. The number of piperidine rings is 1. The normalized spacial score (nSPS) is 16.0. The van der Waals surface area contributed by atoms with Crippen LogP contribution in [0.15, 0.2) is 29.3 Å². The smallest absolute Gasteiger partial charge is 0.404 e. The Morgan fingerprint density at radius 3 is 2.58 bits per heavy atom. The van der Waals surface area contributed by atoms with Crippen LogP contribution in [0, 0.1) is 0 Å². The number of likely N-dealkylation sites (tertiary alicyclic amines) is 1. The molecule has 1 saturated heterocycles. The highest BCUT2D eigenvalue weighted by atomic mass is 19.4. The van der Waals surface area contributed by atoms with Crippen molar-refractivity contribution in [1.29, 1.82) is 0 Å². The van der Waals surface area contributed by atoms with Crippen LogP contribution in [-0.2, 0) is 4.79 Å². The van der Waals surface area contributed by atoms with Gasteiger partial charge in [0.2, 0.25) is 5.91 Å². The van der Waals surface area contributed by atoms with Crippen LogP contribution < -0.4 is 15.8 Å². The summed E-state index contributed by atoms with van der Waals surface area (Å²) in [6.07, 6.45) is -1.78. The van der Waals surface area contributed by atoms with Gasteiger partial charge in [-0.1, -0.05) is 12.1 Å². The second-order valence-corrected chi connectivity index (χ2v) is 5.31. The van der Waals surface area contributed by atoms with E-state index >= 15 is 0 Å². The molecule has 1 aliphatic heterocycles. The molecular formula is C15H19F3N4O2. The Morgan fingerprint density at radius 2 is 1.92 bits per heavy atom. The maximum absolute atomic E-state index is 12.4. The fourth-order valence-corrected chi connectivity index (χ4v) is 2.36. The first kappa shape index (κ1) is 17.9. The molecule has 1 aromatic rings. The molecule has 24 heavy (non-hydrogen) atoms. The summed E-state index contributed by atoms with van der Waals surface area (Å²) in [5, 5.41) is 2.52. The fourth-order valence-electron chi connectivity index (χ4n) is 2.36. The Kier molecular flexibility index (Phi) is 5.88. The molecular weight excluding hydrogens is 325 g/mol. The van der Waals surface area contributed by atoms with Gasteiger partial charge in [-0.05, 0) is 31.4 Å². The number of carbonyl (C=O) groups excluding carboxylic acids is 1. The van der Waals surface area contributed by atoms with E-state index in [0.29, 0.717) is 13.1 Å². The summed E-state index contributed by atoms with van der Waals surface area (Å²) in [6, 6.07) is 5.45. The van der Waals surface area contributed by atoms with Crippen molar-refractivity contribution in [3.8, 4) is 5.75 Å². The van der Waals surface area contributed by atoms with E-state index in [9.17, 15) is 18.0 Å². The first-order valence-electron chi connectivity index (χ1n) is 7.54. The lowest BCUT2D eigenvalue weighted by Crippen LogP contribution is -2.37. The summed E-state index contributed by atoms with van der Waals surface area (Å²) in [5.41, 5.74) is 5.66. The summed E-state index contributed by atoms with van der Waals surface area (Å²) in [5.74, 6) is -0.733. The maximum Gasteiger partial charge on any atom is 0.573 e. The lowest BCUT2D eigenvalue weighted by molar-refractivity contribution is -0.274. The number of alkyl halides is 3. The van der Waals surface area contributed by atoms with Gasteiger partial charge in [0.1, 0.15) is 6.54 Å². The van der Waals surface area contributed by atoms with Crippen LogP contribution in [0.4, 0.5) is 18.9 Å². The summed E-state index contributed by atoms with van der Waals surface area (Å²) in [4.78, 5) is 17.6. The van der Waals surface area contributed by atoms with Gasteiger partial charge in [-0.25, -0.2) is 4.99 Å². The largest absolute Gasteiger partial charge is 0.573 e. The van der Waals surface area contributed by atoms with Crippen molar-refractivity contribution in [2.24, 2.45) is 10.7 Å². The number of amides is 1. The minimum absolute atomic E-state index is 0.0153. The van der Waals surface area contributed by atoms with Crippen molar-refractivity contribution in [3.63, 3.8) is 0 Å². The highest BCUT2D eigenvalue weighted by Crippen LogP contribution is 2.29. The number of aliphatic imine (C=N–C) groups is 1. The fraction of sp³-hybridized carbons (Fsp3) is 0.467. The molecule has 1 aliphatic rings. The molecule has 1 amide bonds. The summed E-state index contributed by atoms with van der Waals surface area (Å²) < 4.78 is 41.0. The van der Waals surface area contributed by atoms with Gasteiger partial charge in [-0.3, -0.25) is 4.79 Å². The van der Waals surface area contributed by atoms with E-state index in [0.717, 1.165) is 25.3 Å². The third kappa shape index (κ3) is 5.64. The average Bonchev–Trinajstić information content (AvgIpc) is 2.54. The molecule has 0 bridgehead atoms. The van der Waals surface area contributed by atoms with Gasteiger partial charge in [0.15, 0.2) is 11.7 Å². The highest BCUT2D eigenvalue weighted by molar-refractivity contribution is 5.95. The number of nitrogens with two attached hydrogens (primary N) is 1.